The summed E-state index contributed by atoms with van der Waals surface area (Å²) in [6.07, 6.45) is 0. The number of hydrogen-bond acceptors (Lipinski definition) is 7. The van der Waals surface area contributed by atoms with Gasteiger partial charge in [0.25, 0.3) is 0 Å². The van der Waals surface area contributed by atoms with Crippen LogP contribution in [0.25, 0.3) is 16.6 Å². The van der Waals surface area contributed by atoms with Gasteiger partial charge in [-0.05, 0) is 60.6 Å². The van der Waals surface area contributed by atoms with Crippen LogP contribution >= 0.6 is 12.2 Å². The van der Waals surface area contributed by atoms with Crippen molar-refractivity contribution in [2.24, 2.45) is 0 Å². The van der Waals surface area contributed by atoms with E-state index in [1.807, 2.05) is 22.9 Å². The summed E-state index contributed by atoms with van der Waals surface area (Å²) in [6, 6.07) is 14.4. The van der Waals surface area contributed by atoms with Crippen LogP contribution < -0.4 is 14.2 Å². The van der Waals surface area contributed by atoms with Crippen LogP contribution in [0.2, 0.25) is 0 Å². The zero-order valence-electron chi connectivity index (χ0n) is 19.4. The Labute approximate surface area is 202 Å². The number of ether oxygens (including phenoxy) is 3. The van der Waals surface area contributed by atoms with Crippen molar-refractivity contribution < 1.29 is 14.2 Å². The molecule has 176 valence electrons. The van der Waals surface area contributed by atoms with Gasteiger partial charge in [0.1, 0.15) is 5.75 Å². The van der Waals surface area contributed by atoms with Crippen LogP contribution in [-0.2, 0) is 13.2 Å². The van der Waals surface area contributed by atoms with Crippen molar-refractivity contribution in [2.75, 3.05) is 40.1 Å². The van der Waals surface area contributed by atoms with Gasteiger partial charge in [-0.3, -0.25) is 14.2 Å². The highest BCUT2D eigenvalue weighted by atomic mass is 32.1. The smallest absolute Gasteiger partial charge is 0.231 e. The molecule has 0 spiro atoms. The zero-order valence-corrected chi connectivity index (χ0v) is 20.2. The average molecular weight is 478 g/mol. The molecular weight excluding hydrogens is 450 g/mol. The average Bonchev–Trinajstić information content (AvgIpc) is 3.44. The van der Waals surface area contributed by atoms with Crippen LogP contribution in [-0.4, -0.2) is 64.1 Å². The largest absolute Gasteiger partial charge is 0.497 e. The number of aryl methyl sites for hydroxylation is 1. The summed E-state index contributed by atoms with van der Waals surface area (Å²) in [7, 11) is 1.68. The molecule has 4 heterocycles. The molecule has 2 aliphatic rings. The third-order valence-electron chi connectivity index (χ3n) is 6.72. The Morgan fingerprint density at radius 1 is 0.971 bits per heavy atom. The summed E-state index contributed by atoms with van der Waals surface area (Å²) in [6.45, 7) is 7.93. The number of aromatic nitrogens is 3. The third kappa shape index (κ3) is 3.79. The quantitative estimate of drug-likeness (QED) is 0.405. The Bertz CT molecular complexity index is 1440. The van der Waals surface area contributed by atoms with E-state index in [1.54, 1.807) is 7.11 Å². The van der Waals surface area contributed by atoms with Crippen LogP contribution in [0.5, 0.6) is 17.2 Å². The Balaban J connectivity index is 1.17. The van der Waals surface area contributed by atoms with Gasteiger partial charge in [-0.1, -0.05) is 6.07 Å². The van der Waals surface area contributed by atoms with Crippen molar-refractivity contribution in [1.29, 1.82) is 0 Å². The molecule has 34 heavy (non-hydrogen) atoms. The van der Waals surface area contributed by atoms with E-state index >= 15 is 0 Å². The van der Waals surface area contributed by atoms with Gasteiger partial charge >= 0.3 is 0 Å². The summed E-state index contributed by atoms with van der Waals surface area (Å²) >= 11 is 5.86. The van der Waals surface area contributed by atoms with Crippen molar-refractivity contribution in [3.05, 3.63) is 58.4 Å². The third-order valence-corrected chi connectivity index (χ3v) is 7.12. The zero-order chi connectivity index (χ0) is 23.2. The molecule has 2 aromatic heterocycles. The first-order chi connectivity index (χ1) is 16.6. The van der Waals surface area contributed by atoms with E-state index in [0.717, 1.165) is 66.5 Å². The molecule has 0 atom stereocenters. The minimum Gasteiger partial charge on any atom is -0.497 e. The molecule has 2 aromatic carbocycles. The molecule has 4 aromatic rings. The van der Waals surface area contributed by atoms with Crippen LogP contribution in [0, 0.1) is 11.7 Å². The van der Waals surface area contributed by atoms with Crippen molar-refractivity contribution in [3.63, 3.8) is 0 Å². The van der Waals surface area contributed by atoms with Crippen LogP contribution in [0.15, 0.2) is 42.5 Å². The number of benzene rings is 2. The molecule has 2 aliphatic heterocycles. The van der Waals surface area contributed by atoms with E-state index < -0.39 is 0 Å². The molecule has 1 fully saturated rings. The monoisotopic (exact) mass is 477 g/mol. The van der Waals surface area contributed by atoms with E-state index in [1.165, 1.54) is 11.1 Å². The SMILES string of the molecule is COc1ccc2c(C)cc3nn(CN4CCN(Cc5ccc6c(c5)OCO6)CC4)c(=S)n3c2c1. The van der Waals surface area contributed by atoms with Gasteiger partial charge in [-0.2, -0.15) is 5.10 Å². The van der Waals surface area contributed by atoms with E-state index in [2.05, 4.69) is 45.4 Å². The Morgan fingerprint density at radius 3 is 2.59 bits per heavy atom. The van der Waals surface area contributed by atoms with E-state index in [0.29, 0.717) is 18.2 Å². The van der Waals surface area contributed by atoms with Gasteiger partial charge < -0.3 is 14.2 Å². The first kappa shape index (κ1) is 21.4. The maximum Gasteiger partial charge on any atom is 0.231 e. The second-order valence-corrected chi connectivity index (χ2v) is 9.27. The number of hydrogen-bond donors (Lipinski definition) is 0. The van der Waals surface area contributed by atoms with Gasteiger partial charge in [-0.15, -0.1) is 0 Å². The molecule has 0 bridgehead atoms. The predicted molar refractivity (Wildman–Crippen MR) is 132 cm³/mol. The lowest BCUT2D eigenvalue weighted by Crippen LogP contribution is -2.46. The molecule has 8 nitrogen and oxygen atoms in total. The summed E-state index contributed by atoms with van der Waals surface area (Å²) in [4.78, 5) is 4.88. The van der Waals surface area contributed by atoms with Crippen molar-refractivity contribution in [1.82, 2.24) is 24.0 Å². The first-order valence-electron chi connectivity index (χ1n) is 11.5. The van der Waals surface area contributed by atoms with E-state index in [-0.39, 0.29) is 0 Å². The number of methoxy groups -OCH3 is 1. The Hall–Kier alpha value is -3.14. The van der Waals surface area contributed by atoms with E-state index in [4.69, 9.17) is 31.5 Å². The highest BCUT2D eigenvalue weighted by molar-refractivity contribution is 7.71. The van der Waals surface area contributed by atoms with Crippen molar-refractivity contribution >= 4 is 28.8 Å². The lowest BCUT2D eigenvalue weighted by atomic mass is 10.1. The molecule has 6 rings (SSSR count). The molecule has 1 saturated heterocycles. The number of nitrogens with zero attached hydrogens (tertiary/aromatic N) is 5. The molecule has 0 radical (unpaired) electrons. The number of rotatable bonds is 5. The fourth-order valence-electron chi connectivity index (χ4n) is 4.84. The predicted octanol–water partition coefficient (Wildman–Crippen LogP) is 3.84. The number of piperazine rings is 1. The maximum absolute atomic E-state index is 5.86. The fraction of sp³-hybridized carbons (Fsp3) is 0.360. The second kappa shape index (κ2) is 8.57. The van der Waals surface area contributed by atoms with Crippen molar-refractivity contribution in [2.45, 2.75) is 20.1 Å². The molecule has 9 heteroatoms. The Morgan fingerprint density at radius 2 is 1.76 bits per heavy atom. The highest BCUT2D eigenvalue weighted by Gasteiger charge is 2.20. The maximum atomic E-state index is 5.86. The molecule has 0 unspecified atom stereocenters. The van der Waals surface area contributed by atoms with Gasteiger partial charge in [0.2, 0.25) is 11.6 Å². The van der Waals surface area contributed by atoms with Crippen LogP contribution in [0.4, 0.5) is 0 Å². The van der Waals surface area contributed by atoms with Crippen LogP contribution in [0.3, 0.4) is 0 Å². The molecule has 0 saturated carbocycles. The Kier molecular flexibility index (Phi) is 5.40. The standard InChI is InChI=1S/C25H27N5O3S/c1-17-11-24-26-29(25(34)30(24)21-13-19(31-2)4-5-20(17)21)15-28-9-7-27(8-10-28)14-18-3-6-22-23(12-18)33-16-32-22/h3-6,11-13H,7-10,14-16H2,1-2H3. The molecular formula is C25H27N5O3S. The van der Waals surface area contributed by atoms with Gasteiger partial charge in [-0.25, -0.2) is 4.68 Å². The minimum absolute atomic E-state index is 0.311. The summed E-state index contributed by atoms with van der Waals surface area (Å²) < 4.78 is 21.1. The van der Waals surface area contributed by atoms with Crippen LogP contribution in [0.1, 0.15) is 11.1 Å². The van der Waals surface area contributed by atoms with Gasteiger partial charge in [0.05, 0.1) is 19.3 Å². The first-order valence-corrected chi connectivity index (χ1v) is 11.9. The normalized spacial score (nSPS) is 16.5. The number of fused-ring (bicyclic) bond motifs is 4. The van der Waals surface area contributed by atoms with Gasteiger partial charge in [0, 0.05) is 44.2 Å². The molecule has 0 aliphatic carbocycles. The van der Waals surface area contributed by atoms with E-state index in [9.17, 15) is 0 Å². The fourth-order valence-corrected chi connectivity index (χ4v) is 5.13. The lowest BCUT2D eigenvalue weighted by molar-refractivity contribution is 0.0982. The lowest BCUT2D eigenvalue weighted by Gasteiger charge is -2.34. The summed E-state index contributed by atoms with van der Waals surface area (Å²) in [5.74, 6) is 2.49. The van der Waals surface area contributed by atoms with Crippen molar-refractivity contribution in [3.8, 4) is 17.2 Å². The van der Waals surface area contributed by atoms with Gasteiger partial charge in [0.15, 0.2) is 17.1 Å². The second-order valence-electron chi connectivity index (χ2n) is 8.91. The number of pyridine rings is 1. The summed E-state index contributed by atoms with van der Waals surface area (Å²) in [5, 5.41) is 6.00. The highest BCUT2D eigenvalue weighted by Crippen LogP contribution is 2.33. The topological polar surface area (TPSA) is 56.4 Å². The summed E-state index contributed by atoms with van der Waals surface area (Å²) in [5.41, 5.74) is 4.32. The minimum atomic E-state index is 0.311. The molecule has 0 N–H and O–H groups in total. The molecule has 0 amide bonds.